The van der Waals surface area contributed by atoms with Gasteiger partial charge in [0.25, 0.3) is 0 Å². The molecule has 0 spiro atoms. The molecule has 0 saturated carbocycles. The first kappa shape index (κ1) is 18.6. The monoisotopic (exact) mass is 413 g/mol. The molecule has 144 valence electrons. The number of ether oxygens (including phenoxy) is 1. The number of aryl methyl sites for hydroxylation is 1. The van der Waals surface area contributed by atoms with Gasteiger partial charge in [0, 0.05) is 12.3 Å². The molecule has 0 aliphatic rings. The number of nitrogens with zero attached hydrogens (tertiary/aromatic N) is 3. The van der Waals surface area contributed by atoms with Crippen LogP contribution in [0.25, 0.3) is 11.0 Å². The smallest absolute Gasteiger partial charge is 0.326 e. The number of H-pyrrole nitrogens is 1. The molecule has 0 aliphatic carbocycles. The largest absolute Gasteiger partial charge is 0.495 e. The third-order valence-corrected chi connectivity index (χ3v) is 6.25. The minimum atomic E-state index is -0.0644. The lowest BCUT2D eigenvalue weighted by Gasteiger charge is -2.07. The van der Waals surface area contributed by atoms with Gasteiger partial charge in [0.15, 0.2) is 4.34 Å². The molecule has 2 heterocycles. The summed E-state index contributed by atoms with van der Waals surface area (Å²) < 4.78 is 8.01. The van der Waals surface area contributed by atoms with Crippen molar-refractivity contribution in [1.29, 1.82) is 0 Å². The lowest BCUT2D eigenvalue weighted by molar-refractivity contribution is 0.417. The molecule has 9 heteroatoms. The van der Waals surface area contributed by atoms with Crippen LogP contribution in [0.5, 0.6) is 5.75 Å². The standard InChI is InChI=1S/C19H19N5O2S2/c1-26-16-10-5-3-8-14(16)20-17-22-23-19(28-17)27-12-6-11-24-15-9-4-2-7-13(15)21-18(24)25/h2-5,7-10H,6,11-12H2,1H3,(H,20,22)(H,21,25). The predicted molar refractivity (Wildman–Crippen MR) is 114 cm³/mol. The third-order valence-electron chi connectivity index (χ3n) is 4.19. The van der Waals surface area contributed by atoms with Crippen LogP contribution in [0.4, 0.5) is 10.8 Å². The van der Waals surface area contributed by atoms with Gasteiger partial charge in [-0.25, -0.2) is 4.79 Å². The summed E-state index contributed by atoms with van der Waals surface area (Å²) >= 11 is 3.14. The maximum absolute atomic E-state index is 12.1. The van der Waals surface area contributed by atoms with Gasteiger partial charge in [-0.1, -0.05) is 47.4 Å². The zero-order chi connectivity index (χ0) is 19.3. The molecule has 0 saturated heterocycles. The van der Waals surface area contributed by atoms with Crippen LogP contribution < -0.4 is 15.7 Å². The zero-order valence-corrected chi connectivity index (χ0v) is 16.8. The van der Waals surface area contributed by atoms with E-state index in [1.54, 1.807) is 23.4 Å². The Labute approximate surface area is 169 Å². The quantitative estimate of drug-likeness (QED) is 0.334. The molecule has 0 radical (unpaired) electrons. The number of imidazole rings is 1. The fourth-order valence-corrected chi connectivity index (χ4v) is 4.65. The number of rotatable bonds is 8. The molecule has 7 nitrogen and oxygen atoms in total. The number of para-hydroxylation sites is 4. The van der Waals surface area contributed by atoms with E-state index in [2.05, 4.69) is 20.5 Å². The molecule has 28 heavy (non-hydrogen) atoms. The molecule has 0 amide bonds. The Bertz CT molecular complexity index is 1130. The number of methoxy groups -OCH3 is 1. The second kappa shape index (κ2) is 8.49. The van der Waals surface area contributed by atoms with E-state index in [0.717, 1.165) is 44.1 Å². The van der Waals surface area contributed by atoms with Gasteiger partial charge in [0.2, 0.25) is 5.13 Å². The number of aromatic nitrogens is 4. The van der Waals surface area contributed by atoms with Crippen LogP contribution in [-0.2, 0) is 6.54 Å². The minimum Gasteiger partial charge on any atom is -0.495 e. The summed E-state index contributed by atoms with van der Waals surface area (Å²) in [4.78, 5) is 15.0. The zero-order valence-electron chi connectivity index (χ0n) is 15.2. The summed E-state index contributed by atoms with van der Waals surface area (Å²) in [5.41, 5.74) is 2.61. The highest BCUT2D eigenvalue weighted by Crippen LogP contribution is 2.31. The normalized spacial score (nSPS) is 11.0. The Balaban J connectivity index is 1.32. The van der Waals surface area contributed by atoms with Crippen molar-refractivity contribution in [2.45, 2.75) is 17.3 Å². The molecule has 4 rings (SSSR count). The van der Waals surface area contributed by atoms with Crippen molar-refractivity contribution in [3.8, 4) is 5.75 Å². The summed E-state index contributed by atoms with van der Waals surface area (Å²) in [7, 11) is 1.64. The van der Waals surface area contributed by atoms with Crippen LogP contribution in [0.1, 0.15) is 6.42 Å². The van der Waals surface area contributed by atoms with Crippen molar-refractivity contribution >= 4 is 45.0 Å². The number of hydrogen-bond donors (Lipinski definition) is 2. The molecule has 0 aliphatic heterocycles. The Hall–Kier alpha value is -2.78. The number of anilines is 2. The lowest BCUT2D eigenvalue weighted by atomic mass is 10.3. The second-order valence-corrected chi connectivity index (χ2v) is 8.32. The van der Waals surface area contributed by atoms with Gasteiger partial charge >= 0.3 is 5.69 Å². The number of benzene rings is 2. The van der Waals surface area contributed by atoms with E-state index < -0.39 is 0 Å². The topological polar surface area (TPSA) is 84.8 Å². The Morgan fingerprint density at radius 2 is 2.00 bits per heavy atom. The van der Waals surface area contributed by atoms with E-state index in [1.807, 2.05) is 48.5 Å². The maximum Gasteiger partial charge on any atom is 0.326 e. The number of hydrogen-bond acceptors (Lipinski definition) is 7. The van der Waals surface area contributed by atoms with Crippen molar-refractivity contribution in [2.24, 2.45) is 0 Å². The molecule has 2 aromatic carbocycles. The molecule has 0 fully saturated rings. The summed E-state index contributed by atoms with van der Waals surface area (Å²) in [5, 5.41) is 12.4. The summed E-state index contributed by atoms with van der Waals surface area (Å²) in [6, 6.07) is 15.4. The van der Waals surface area contributed by atoms with Gasteiger partial charge in [-0.05, 0) is 30.7 Å². The van der Waals surface area contributed by atoms with Gasteiger partial charge < -0.3 is 15.0 Å². The summed E-state index contributed by atoms with van der Waals surface area (Å²) in [5.74, 6) is 1.62. The Morgan fingerprint density at radius 3 is 2.89 bits per heavy atom. The van der Waals surface area contributed by atoms with Gasteiger partial charge in [-0.2, -0.15) is 0 Å². The minimum absolute atomic E-state index is 0.0644. The van der Waals surface area contributed by atoms with Crippen molar-refractivity contribution in [2.75, 3.05) is 18.2 Å². The highest BCUT2D eigenvalue weighted by Gasteiger charge is 2.09. The molecule has 2 N–H and O–H groups in total. The number of aromatic amines is 1. The molecule has 0 unspecified atom stereocenters. The van der Waals surface area contributed by atoms with E-state index in [1.165, 1.54) is 11.3 Å². The van der Waals surface area contributed by atoms with E-state index in [-0.39, 0.29) is 5.69 Å². The van der Waals surface area contributed by atoms with Crippen LogP contribution in [0, 0.1) is 0 Å². The molecular weight excluding hydrogens is 394 g/mol. The second-order valence-electron chi connectivity index (χ2n) is 6.00. The van der Waals surface area contributed by atoms with Crippen LogP contribution in [-0.4, -0.2) is 32.6 Å². The molecule has 4 aromatic rings. The SMILES string of the molecule is COc1ccccc1Nc1nnc(SCCCn2c(=O)[nH]c3ccccc32)s1. The number of nitrogens with one attached hydrogen (secondary N) is 2. The van der Waals surface area contributed by atoms with Crippen LogP contribution in [0.15, 0.2) is 57.7 Å². The van der Waals surface area contributed by atoms with Crippen molar-refractivity contribution < 1.29 is 4.74 Å². The first-order valence-electron chi connectivity index (χ1n) is 8.78. The van der Waals surface area contributed by atoms with E-state index in [0.29, 0.717) is 6.54 Å². The predicted octanol–water partition coefficient (Wildman–Crippen LogP) is 4.12. The lowest BCUT2D eigenvalue weighted by Crippen LogP contribution is -2.17. The average molecular weight is 414 g/mol. The average Bonchev–Trinajstić information content (AvgIpc) is 3.29. The van der Waals surface area contributed by atoms with Crippen molar-refractivity contribution in [1.82, 2.24) is 19.7 Å². The highest BCUT2D eigenvalue weighted by atomic mass is 32.2. The third kappa shape index (κ3) is 4.05. The molecule has 0 atom stereocenters. The Kier molecular flexibility index (Phi) is 5.63. The number of thioether (sulfide) groups is 1. The fourth-order valence-electron chi connectivity index (χ4n) is 2.89. The van der Waals surface area contributed by atoms with Gasteiger partial charge in [-0.3, -0.25) is 4.57 Å². The van der Waals surface area contributed by atoms with Gasteiger partial charge in [0.1, 0.15) is 5.75 Å². The summed E-state index contributed by atoms with van der Waals surface area (Å²) in [6.45, 7) is 0.668. The van der Waals surface area contributed by atoms with Crippen molar-refractivity contribution in [3.63, 3.8) is 0 Å². The molecule has 0 bridgehead atoms. The fraction of sp³-hybridized carbons (Fsp3) is 0.211. The van der Waals surface area contributed by atoms with Crippen molar-refractivity contribution in [3.05, 3.63) is 59.0 Å². The molecule has 2 aromatic heterocycles. The van der Waals surface area contributed by atoms with Crippen LogP contribution in [0.3, 0.4) is 0 Å². The van der Waals surface area contributed by atoms with Gasteiger partial charge in [0.05, 0.1) is 23.8 Å². The van der Waals surface area contributed by atoms with E-state index in [4.69, 9.17) is 4.74 Å². The summed E-state index contributed by atoms with van der Waals surface area (Å²) in [6.07, 6.45) is 0.862. The Morgan fingerprint density at radius 1 is 1.18 bits per heavy atom. The highest BCUT2D eigenvalue weighted by molar-refractivity contribution is 8.01. The van der Waals surface area contributed by atoms with Gasteiger partial charge in [-0.15, -0.1) is 10.2 Å². The van der Waals surface area contributed by atoms with E-state index >= 15 is 0 Å². The molecular formula is C19H19N5O2S2. The first-order chi connectivity index (χ1) is 13.7. The first-order valence-corrected chi connectivity index (χ1v) is 10.6. The number of fused-ring (bicyclic) bond motifs is 1. The van der Waals surface area contributed by atoms with E-state index in [9.17, 15) is 4.79 Å². The maximum atomic E-state index is 12.1. The van der Waals surface area contributed by atoms with Crippen LogP contribution >= 0.6 is 23.1 Å². The van der Waals surface area contributed by atoms with Crippen LogP contribution in [0.2, 0.25) is 0 Å².